The topological polar surface area (TPSA) is 68.9 Å². The fourth-order valence-electron chi connectivity index (χ4n) is 3.19. The van der Waals surface area contributed by atoms with E-state index in [1.807, 2.05) is 6.07 Å². The summed E-state index contributed by atoms with van der Waals surface area (Å²) in [6, 6.07) is 11.1. The van der Waals surface area contributed by atoms with Gasteiger partial charge in [-0.1, -0.05) is 18.2 Å². The van der Waals surface area contributed by atoms with Gasteiger partial charge >= 0.3 is 6.61 Å². The van der Waals surface area contributed by atoms with Gasteiger partial charge in [-0.3, -0.25) is 0 Å². The van der Waals surface area contributed by atoms with E-state index in [1.54, 1.807) is 25.1 Å². The van der Waals surface area contributed by atoms with Crippen molar-refractivity contribution in [1.82, 2.24) is 0 Å². The SMILES string of the molecule is CCOc1cccc(CN=C(N)Nc2ccc3c(c2)CCC3)c1OC(F)F. The molecular weight excluding hydrogens is 352 g/mol. The number of benzene rings is 2. The van der Waals surface area contributed by atoms with Crippen LogP contribution < -0.4 is 20.5 Å². The van der Waals surface area contributed by atoms with Gasteiger partial charge in [0.15, 0.2) is 17.5 Å². The highest BCUT2D eigenvalue weighted by atomic mass is 19.3. The van der Waals surface area contributed by atoms with Gasteiger partial charge in [0.1, 0.15) is 0 Å². The molecule has 3 N–H and O–H groups in total. The molecule has 2 aromatic carbocycles. The molecule has 0 amide bonds. The lowest BCUT2D eigenvalue weighted by Gasteiger charge is -2.14. The number of anilines is 1. The molecular formula is C20H23F2N3O2. The quantitative estimate of drug-likeness (QED) is 0.565. The minimum atomic E-state index is -2.95. The second-order valence-electron chi connectivity index (χ2n) is 6.22. The largest absolute Gasteiger partial charge is 0.490 e. The number of fused-ring (bicyclic) bond motifs is 1. The Kier molecular flexibility index (Phi) is 6.11. The molecule has 0 radical (unpaired) electrons. The van der Waals surface area contributed by atoms with Gasteiger partial charge in [-0.2, -0.15) is 8.78 Å². The average Bonchev–Trinajstić information content (AvgIpc) is 3.09. The molecule has 0 bridgehead atoms. The molecule has 0 aromatic heterocycles. The molecule has 0 unspecified atom stereocenters. The maximum Gasteiger partial charge on any atom is 0.387 e. The Morgan fingerprint density at radius 3 is 2.81 bits per heavy atom. The zero-order chi connectivity index (χ0) is 19.2. The first kappa shape index (κ1) is 18.9. The number of aryl methyl sites for hydroxylation is 2. The molecule has 0 spiro atoms. The molecule has 144 valence electrons. The summed E-state index contributed by atoms with van der Waals surface area (Å²) >= 11 is 0. The van der Waals surface area contributed by atoms with Crippen LogP contribution in [0.2, 0.25) is 0 Å². The maximum atomic E-state index is 12.8. The van der Waals surface area contributed by atoms with E-state index in [1.165, 1.54) is 17.5 Å². The summed E-state index contributed by atoms with van der Waals surface area (Å²) in [6.45, 7) is -0.743. The van der Waals surface area contributed by atoms with Crippen molar-refractivity contribution < 1.29 is 18.3 Å². The highest BCUT2D eigenvalue weighted by Gasteiger charge is 2.16. The van der Waals surface area contributed by atoms with Gasteiger partial charge in [-0.15, -0.1) is 0 Å². The first-order valence-corrected chi connectivity index (χ1v) is 8.95. The van der Waals surface area contributed by atoms with Crippen molar-refractivity contribution in [2.24, 2.45) is 10.7 Å². The van der Waals surface area contributed by atoms with Gasteiger partial charge in [0.05, 0.1) is 13.2 Å². The lowest BCUT2D eigenvalue weighted by atomic mass is 10.1. The van der Waals surface area contributed by atoms with E-state index in [-0.39, 0.29) is 24.0 Å². The van der Waals surface area contributed by atoms with E-state index in [0.717, 1.165) is 18.5 Å². The second-order valence-corrected chi connectivity index (χ2v) is 6.22. The molecule has 0 aliphatic heterocycles. The van der Waals surface area contributed by atoms with Crippen LogP contribution in [-0.2, 0) is 19.4 Å². The Balaban J connectivity index is 1.73. The Labute approximate surface area is 157 Å². The number of ether oxygens (including phenoxy) is 2. The van der Waals surface area contributed by atoms with Gasteiger partial charge in [-0.25, -0.2) is 4.99 Å². The average molecular weight is 375 g/mol. The van der Waals surface area contributed by atoms with Gasteiger partial charge in [0, 0.05) is 11.3 Å². The maximum absolute atomic E-state index is 12.8. The van der Waals surface area contributed by atoms with Gasteiger partial charge in [-0.05, 0) is 55.5 Å². The zero-order valence-electron chi connectivity index (χ0n) is 15.2. The summed E-state index contributed by atoms with van der Waals surface area (Å²) in [7, 11) is 0. The second kappa shape index (κ2) is 8.70. The van der Waals surface area contributed by atoms with Crippen LogP contribution in [0.4, 0.5) is 14.5 Å². The van der Waals surface area contributed by atoms with Crippen molar-refractivity contribution in [2.75, 3.05) is 11.9 Å². The van der Waals surface area contributed by atoms with Gasteiger partial charge in [0.25, 0.3) is 0 Å². The number of halogens is 2. The molecule has 7 heteroatoms. The van der Waals surface area contributed by atoms with Crippen molar-refractivity contribution in [1.29, 1.82) is 0 Å². The molecule has 2 aromatic rings. The van der Waals surface area contributed by atoms with Crippen LogP contribution >= 0.6 is 0 Å². The van der Waals surface area contributed by atoms with Crippen molar-refractivity contribution in [3.8, 4) is 11.5 Å². The monoisotopic (exact) mass is 375 g/mol. The number of nitrogens with one attached hydrogen (secondary N) is 1. The lowest BCUT2D eigenvalue weighted by Crippen LogP contribution is -2.22. The van der Waals surface area contributed by atoms with Crippen molar-refractivity contribution in [2.45, 2.75) is 39.3 Å². The fourth-order valence-corrected chi connectivity index (χ4v) is 3.19. The van der Waals surface area contributed by atoms with Crippen LogP contribution in [-0.4, -0.2) is 19.2 Å². The third-order valence-corrected chi connectivity index (χ3v) is 4.36. The highest BCUT2D eigenvalue weighted by molar-refractivity contribution is 5.92. The molecule has 5 nitrogen and oxygen atoms in total. The van der Waals surface area contributed by atoms with Crippen molar-refractivity contribution >= 4 is 11.6 Å². The standard InChI is InChI=1S/C20H23F2N3O2/c1-2-26-17-8-4-7-15(18(17)27-19(21)22)12-24-20(23)25-16-10-9-13-5-3-6-14(13)11-16/h4,7-11,19H,2-3,5-6,12H2,1H3,(H3,23,24,25). The highest BCUT2D eigenvalue weighted by Crippen LogP contribution is 2.33. The van der Waals surface area contributed by atoms with Crippen LogP contribution in [0.5, 0.6) is 11.5 Å². The normalized spacial score (nSPS) is 13.6. The Bertz CT molecular complexity index is 825. The number of alkyl halides is 2. The number of para-hydroxylation sites is 1. The van der Waals surface area contributed by atoms with Gasteiger partial charge in [0.2, 0.25) is 0 Å². The number of aliphatic imine (C=N–C) groups is 1. The zero-order valence-corrected chi connectivity index (χ0v) is 15.2. The molecule has 0 atom stereocenters. The minimum absolute atomic E-state index is 0.0107. The summed E-state index contributed by atoms with van der Waals surface area (Å²) < 4.78 is 35.5. The number of hydrogen-bond acceptors (Lipinski definition) is 3. The Hall–Kier alpha value is -2.83. The van der Waals surface area contributed by atoms with Crippen LogP contribution in [0.15, 0.2) is 41.4 Å². The van der Waals surface area contributed by atoms with Crippen molar-refractivity contribution in [3.05, 3.63) is 53.1 Å². The number of nitrogens with zero attached hydrogens (tertiary/aromatic N) is 1. The third-order valence-electron chi connectivity index (χ3n) is 4.36. The Morgan fingerprint density at radius 1 is 1.22 bits per heavy atom. The number of hydrogen-bond donors (Lipinski definition) is 2. The van der Waals surface area contributed by atoms with E-state index in [9.17, 15) is 8.78 Å². The van der Waals surface area contributed by atoms with Crippen LogP contribution in [0.1, 0.15) is 30.0 Å². The smallest absolute Gasteiger partial charge is 0.387 e. The Morgan fingerprint density at radius 2 is 2.04 bits per heavy atom. The van der Waals surface area contributed by atoms with Crippen LogP contribution in [0, 0.1) is 0 Å². The predicted octanol–water partition coefficient (Wildman–Crippen LogP) is 4.10. The number of rotatable bonds is 7. The van der Waals surface area contributed by atoms with E-state index in [2.05, 4.69) is 27.2 Å². The van der Waals surface area contributed by atoms with E-state index in [4.69, 9.17) is 10.5 Å². The third kappa shape index (κ3) is 4.87. The molecule has 0 saturated heterocycles. The molecule has 0 saturated carbocycles. The summed E-state index contributed by atoms with van der Waals surface area (Å²) in [4.78, 5) is 4.26. The lowest BCUT2D eigenvalue weighted by molar-refractivity contribution is -0.0520. The molecule has 0 heterocycles. The molecule has 0 fully saturated rings. The molecule has 1 aliphatic carbocycles. The summed E-state index contributed by atoms with van der Waals surface area (Å²) in [5, 5.41) is 3.05. The summed E-state index contributed by atoms with van der Waals surface area (Å²) in [5.41, 5.74) is 10.00. The van der Waals surface area contributed by atoms with E-state index < -0.39 is 6.61 Å². The fraction of sp³-hybridized carbons (Fsp3) is 0.350. The van der Waals surface area contributed by atoms with Crippen LogP contribution in [0.25, 0.3) is 0 Å². The minimum Gasteiger partial charge on any atom is -0.490 e. The van der Waals surface area contributed by atoms with E-state index >= 15 is 0 Å². The predicted molar refractivity (Wildman–Crippen MR) is 102 cm³/mol. The molecule has 3 rings (SSSR count). The van der Waals surface area contributed by atoms with Crippen LogP contribution in [0.3, 0.4) is 0 Å². The van der Waals surface area contributed by atoms with E-state index in [0.29, 0.717) is 12.2 Å². The number of nitrogens with two attached hydrogens (primary N) is 1. The summed E-state index contributed by atoms with van der Waals surface area (Å²) in [6.07, 6.45) is 3.36. The first-order chi connectivity index (χ1) is 13.1. The molecule has 1 aliphatic rings. The van der Waals surface area contributed by atoms with Crippen molar-refractivity contribution in [3.63, 3.8) is 0 Å². The first-order valence-electron chi connectivity index (χ1n) is 8.95. The number of guanidine groups is 1. The summed E-state index contributed by atoms with van der Waals surface area (Å²) in [5.74, 6) is 0.455. The molecule has 27 heavy (non-hydrogen) atoms. The van der Waals surface area contributed by atoms with Gasteiger partial charge < -0.3 is 20.5 Å².